The van der Waals surface area contributed by atoms with Crippen LogP contribution in [0.1, 0.15) is 181 Å². The first-order chi connectivity index (χ1) is 28.2. The van der Waals surface area contributed by atoms with E-state index in [1.165, 1.54) is 57.8 Å². The number of ether oxygens (including phenoxy) is 3. The summed E-state index contributed by atoms with van der Waals surface area (Å²) in [4.78, 5) is 57.4. The van der Waals surface area contributed by atoms with Crippen molar-refractivity contribution in [2.24, 2.45) is 0 Å². The number of nitrogens with one attached hydrogen (secondary N) is 1. The van der Waals surface area contributed by atoms with E-state index in [2.05, 4.69) is 79.4 Å². The number of likely N-dealkylation sites (N-methyl/N-ethyl adjacent to an activating group) is 1. The van der Waals surface area contributed by atoms with Gasteiger partial charge in [-0.05, 0) is 103 Å². The summed E-state index contributed by atoms with van der Waals surface area (Å²) in [6.07, 6.45) is 33.2. The maximum atomic E-state index is 13.6. The van der Waals surface area contributed by atoms with Crippen molar-refractivity contribution in [3.8, 4) is 0 Å². The van der Waals surface area contributed by atoms with Crippen LogP contribution in [0.3, 0.4) is 0 Å². The molecule has 0 unspecified atom stereocenters. The fraction of sp³-hybridized carbons (Fsp3) is 0.792. The number of allylic oxidation sites excluding steroid dienone is 6. The van der Waals surface area contributed by atoms with E-state index in [1.807, 2.05) is 0 Å². The number of rotatable bonds is 37. The molecule has 1 fully saturated rings. The third-order valence-electron chi connectivity index (χ3n) is 10.8. The van der Waals surface area contributed by atoms with E-state index in [0.717, 1.165) is 84.0 Å². The molecular formula is C48H85N3O7. The van der Waals surface area contributed by atoms with Gasteiger partial charge in [0.25, 0.3) is 0 Å². The predicted octanol–water partition coefficient (Wildman–Crippen LogP) is 10.2. The van der Waals surface area contributed by atoms with Gasteiger partial charge >= 0.3 is 17.9 Å². The first kappa shape index (κ1) is 53.0. The second-order valence-corrected chi connectivity index (χ2v) is 16.2. The van der Waals surface area contributed by atoms with E-state index < -0.39 is 5.54 Å². The molecule has 0 aliphatic carbocycles. The van der Waals surface area contributed by atoms with Crippen LogP contribution in [0.4, 0.5) is 0 Å². The molecule has 0 aromatic rings. The maximum Gasteiger partial charge on any atom is 0.305 e. The molecular weight excluding hydrogens is 731 g/mol. The molecule has 1 aliphatic heterocycles. The topological polar surface area (TPSA) is 114 Å². The normalized spacial score (nSPS) is 14.1. The summed E-state index contributed by atoms with van der Waals surface area (Å²) in [5.41, 5.74) is -0.986. The maximum absolute atomic E-state index is 13.6. The molecule has 1 N–H and O–H groups in total. The van der Waals surface area contributed by atoms with Crippen LogP contribution < -0.4 is 5.32 Å². The summed E-state index contributed by atoms with van der Waals surface area (Å²) in [6, 6.07) is 0. The average molecular weight is 816 g/mol. The summed E-state index contributed by atoms with van der Waals surface area (Å²) < 4.78 is 16.8. The van der Waals surface area contributed by atoms with Gasteiger partial charge in [0.15, 0.2) is 0 Å². The van der Waals surface area contributed by atoms with Crippen LogP contribution >= 0.6 is 0 Å². The second kappa shape index (κ2) is 37.1. The highest BCUT2D eigenvalue weighted by Gasteiger charge is 2.34. The quantitative estimate of drug-likeness (QED) is 0.0283. The highest BCUT2D eigenvalue weighted by atomic mass is 16.5. The summed E-state index contributed by atoms with van der Waals surface area (Å²) in [5, 5.41) is 3.23. The van der Waals surface area contributed by atoms with Crippen molar-refractivity contribution in [3.63, 3.8) is 0 Å². The Morgan fingerprint density at radius 1 is 0.500 bits per heavy atom. The van der Waals surface area contributed by atoms with E-state index >= 15 is 0 Å². The SMILES string of the molecule is CCCCC/C=C\CCCOC(=O)CCC(CCC(=O)OCCC/C=C\CCCCC)(CCC(=O)OCCC/C=C\CCCCC)NC(=O)CCN1CCN(C)CC1. The highest BCUT2D eigenvalue weighted by molar-refractivity contribution is 5.78. The molecule has 334 valence electrons. The number of carbonyl (C=O) groups excluding carboxylic acids is 4. The molecule has 10 heteroatoms. The lowest BCUT2D eigenvalue weighted by molar-refractivity contribution is -0.145. The van der Waals surface area contributed by atoms with Crippen molar-refractivity contribution < 1.29 is 33.4 Å². The molecule has 0 atom stereocenters. The Morgan fingerprint density at radius 3 is 1.19 bits per heavy atom. The smallest absolute Gasteiger partial charge is 0.305 e. The van der Waals surface area contributed by atoms with Crippen LogP contribution in [0.2, 0.25) is 0 Å². The molecule has 0 radical (unpaired) electrons. The van der Waals surface area contributed by atoms with Crippen LogP contribution in [0.25, 0.3) is 0 Å². The molecule has 1 aliphatic rings. The third-order valence-corrected chi connectivity index (χ3v) is 10.8. The molecule has 0 saturated carbocycles. The van der Waals surface area contributed by atoms with Gasteiger partial charge in [0.1, 0.15) is 0 Å². The van der Waals surface area contributed by atoms with Crippen molar-refractivity contribution in [1.82, 2.24) is 15.1 Å². The van der Waals surface area contributed by atoms with Crippen molar-refractivity contribution in [1.29, 1.82) is 0 Å². The molecule has 1 amide bonds. The van der Waals surface area contributed by atoms with Gasteiger partial charge in [-0.25, -0.2) is 0 Å². The molecule has 1 saturated heterocycles. The number of piperazine rings is 1. The summed E-state index contributed by atoms with van der Waals surface area (Å²) >= 11 is 0. The van der Waals surface area contributed by atoms with Crippen molar-refractivity contribution in [2.75, 3.05) is 59.6 Å². The molecule has 0 bridgehead atoms. The standard InChI is InChI=1S/C48H85N3O7/c1-5-8-11-14-17-20-23-26-41-56-45(53)29-33-48(49-44(52)32-36-51-39-37-50(4)38-40-51,34-30-46(54)57-42-27-24-21-18-15-12-9-6-2)35-31-47(55)58-43-28-25-22-19-16-13-10-7-3/h17-22H,5-16,23-43H2,1-4H3,(H,49,52)/b20-17-,21-18-,22-19-. The lowest BCUT2D eigenvalue weighted by atomic mass is 9.83. The van der Waals surface area contributed by atoms with Gasteiger partial charge in [-0.15, -0.1) is 0 Å². The first-order valence-electron chi connectivity index (χ1n) is 23.4. The number of amides is 1. The number of esters is 3. The van der Waals surface area contributed by atoms with Crippen LogP contribution in [-0.2, 0) is 33.4 Å². The van der Waals surface area contributed by atoms with E-state index in [1.54, 1.807) is 0 Å². The van der Waals surface area contributed by atoms with Crippen LogP contribution in [0.15, 0.2) is 36.5 Å². The molecule has 1 heterocycles. The van der Waals surface area contributed by atoms with Crippen LogP contribution in [0, 0.1) is 0 Å². The van der Waals surface area contributed by atoms with E-state index in [0.29, 0.717) is 26.4 Å². The van der Waals surface area contributed by atoms with Gasteiger partial charge in [0.05, 0.1) is 19.8 Å². The monoisotopic (exact) mass is 816 g/mol. The Balaban J connectivity index is 2.94. The zero-order valence-electron chi connectivity index (χ0n) is 37.6. The van der Waals surface area contributed by atoms with Crippen molar-refractivity contribution in [2.45, 2.75) is 187 Å². The van der Waals surface area contributed by atoms with Gasteiger partial charge in [0, 0.05) is 63.9 Å². The Hall–Kier alpha value is -2.98. The molecule has 0 aromatic heterocycles. The summed E-state index contributed by atoms with van der Waals surface area (Å²) in [7, 11) is 2.10. The zero-order chi connectivity index (χ0) is 42.4. The number of unbranched alkanes of at least 4 members (excludes halogenated alkanes) is 12. The Morgan fingerprint density at radius 2 is 0.845 bits per heavy atom. The molecule has 10 nitrogen and oxygen atoms in total. The van der Waals surface area contributed by atoms with Crippen LogP contribution in [0.5, 0.6) is 0 Å². The number of hydrogen-bond acceptors (Lipinski definition) is 9. The van der Waals surface area contributed by atoms with Crippen molar-refractivity contribution >= 4 is 23.8 Å². The lowest BCUT2D eigenvalue weighted by Gasteiger charge is -2.36. The van der Waals surface area contributed by atoms with Gasteiger partial charge in [-0.1, -0.05) is 95.8 Å². The number of nitrogens with zero attached hydrogens (tertiary/aromatic N) is 2. The zero-order valence-corrected chi connectivity index (χ0v) is 37.6. The minimum Gasteiger partial charge on any atom is -0.466 e. The molecule has 1 rings (SSSR count). The molecule has 0 spiro atoms. The number of hydrogen-bond donors (Lipinski definition) is 1. The van der Waals surface area contributed by atoms with Gasteiger partial charge < -0.3 is 29.3 Å². The number of carbonyl (C=O) groups is 4. The first-order valence-corrected chi connectivity index (χ1v) is 23.4. The fourth-order valence-electron chi connectivity index (χ4n) is 6.90. The highest BCUT2D eigenvalue weighted by Crippen LogP contribution is 2.27. The van der Waals surface area contributed by atoms with Gasteiger partial charge in [-0.3, -0.25) is 19.2 Å². The van der Waals surface area contributed by atoms with E-state index in [-0.39, 0.29) is 68.8 Å². The Labute approximate surface area is 354 Å². The van der Waals surface area contributed by atoms with Crippen LogP contribution in [-0.4, -0.2) is 98.7 Å². The van der Waals surface area contributed by atoms with Gasteiger partial charge in [0.2, 0.25) is 5.91 Å². The third kappa shape index (κ3) is 31.0. The molecule has 0 aromatic carbocycles. The fourth-order valence-corrected chi connectivity index (χ4v) is 6.90. The Kier molecular flexibility index (Phi) is 33.9. The molecule has 58 heavy (non-hydrogen) atoms. The Bertz CT molecular complexity index is 1040. The van der Waals surface area contributed by atoms with E-state index in [9.17, 15) is 19.2 Å². The summed E-state index contributed by atoms with van der Waals surface area (Å²) in [5.74, 6) is -1.20. The minimum absolute atomic E-state index is 0.0604. The average Bonchev–Trinajstić information content (AvgIpc) is 3.22. The lowest BCUT2D eigenvalue weighted by Crippen LogP contribution is -2.51. The van der Waals surface area contributed by atoms with Gasteiger partial charge in [-0.2, -0.15) is 0 Å². The predicted molar refractivity (Wildman–Crippen MR) is 238 cm³/mol. The van der Waals surface area contributed by atoms with Crippen molar-refractivity contribution in [3.05, 3.63) is 36.5 Å². The largest absolute Gasteiger partial charge is 0.466 e. The minimum atomic E-state index is -0.986. The van der Waals surface area contributed by atoms with E-state index in [4.69, 9.17) is 14.2 Å². The second-order valence-electron chi connectivity index (χ2n) is 16.2. The summed E-state index contributed by atoms with van der Waals surface area (Å²) in [6.45, 7) is 11.9.